The molecule has 18 heavy (non-hydrogen) atoms. The summed E-state index contributed by atoms with van der Waals surface area (Å²) in [5, 5.41) is 9.68. The minimum absolute atomic E-state index is 0.00886. The number of nitrogens with two attached hydrogens (primary N) is 1. The zero-order valence-electron chi connectivity index (χ0n) is 9.67. The molecule has 0 aliphatic carbocycles. The molecular weight excluding hydrogens is 230 g/mol. The summed E-state index contributed by atoms with van der Waals surface area (Å²) in [6.07, 6.45) is 0. The van der Waals surface area contributed by atoms with E-state index < -0.39 is 0 Å². The van der Waals surface area contributed by atoms with Crippen LogP contribution in [0.25, 0.3) is 0 Å². The van der Waals surface area contributed by atoms with Crippen LogP contribution in [-0.4, -0.2) is 17.6 Å². The maximum Gasteiger partial charge on any atom is 0.200 e. The third kappa shape index (κ3) is 2.33. The van der Waals surface area contributed by atoms with E-state index in [-0.39, 0.29) is 23.8 Å². The van der Waals surface area contributed by atoms with Crippen molar-refractivity contribution in [3.63, 3.8) is 0 Å². The monoisotopic (exact) mass is 243 g/mol. The third-order valence-corrected chi connectivity index (χ3v) is 2.52. The summed E-state index contributed by atoms with van der Waals surface area (Å²) in [5.41, 5.74) is 5.94. The van der Waals surface area contributed by atoms with E-state index >= 15 is 0 Å². The highest BCUT2D eigenvalue weighted by Gasteiger charge is 2.16. The van der Waals surface area contributed by atoms with Gasteiger partial charge in [0, 0.05) is 0 Å². The van der Waals surface area contributed by atoms with E-state index in [1.165, 1.54) is 6.07 Å². The van der Waals surface area contributed by atoms with Crippen molar-refractivity contribution in [2.75, 3.05) is 6.73 Å². The zero-order chi connectivity index (χ0) is 13.0. The van der Waals surface area contributed by atoms with E-state index in [0.717, 1.165) is 0 Å². The largest absolute Gasteiger partial charge is 0.507 e. The average Bonchev–Trinajstić information content (AvgIpc) is 2.40. The SMILES string of the molecule is NCOc1ccccc1C(=O)c1ccccc1O. The van der Waals surface area contributed by atoms with Crippen molar-refractivity contribution in [1.29, 1.82) is 0 Å². The molecular formula is C14H13NO3. The molecule has 0 saturated carbocycles. The Labute approximate surface area is 105 Å². The van der Waals surface area contributed by atoms with E-state index in [9.17, 15) is 9.90 Å². The summed E-state index contributed by atoms with van der Waals surface area (Å²) >= 11 is 0. The summed E-state index contributed by atoms with van der Waals surface area (Å²) in [4.78, 5) is 12.3. The molecule has 2 rings (SSSR count). The Morgan fingerprint density at radius 2 is 1.67 bits per heavy atom. The highest BCUT2D eigenvalue weighted by molar-refractivity contribution is 6.12. The van der Waals surface area contributed by atoms with Gasteiger partial charge in [0.25, 0.3) is 0 Å². The van der Waals surface area contributed by atoms with Crippen LogP contribution < -0.4 is 10.5 Å². The predicted molar refractivity (Wildman–Crippen MR) is 67.7 cm³/mol. The molecule has 2 aromatic rings. The number of carbonyl (C=O) groups excluding carboxylic acids is 1. The lowest BCUT2D eigenvalue weighted by atomic mass is 10.0. The lowest BCUT2D eigenvalue weighted by Gasteiger charge is -2.09. The summed E-state index contributed by atoms with van der Waals surface area (Å²) in [6, 6.07) is 13.2. The number of phenolic OH excluding ortho intramolecular Hbond substituents is 1. The Hall–Kier alpha value is -2.33. The fourth-order valence-electron chi connectivity index (χ4n) is 1.68. The first-order valence-electron chi connectivity index (χ1n) is 5.48. The molecule has 0 radical (unpaired) electrons. The second-order valence-corrected chi connectivity index (χ2v) is 3.65. The van der Waals surface area contributed by atoms with Gasteiger partial charge in [-0.15, -0.1) is 0 Å². The molecule has 0 bridgehead atoms. The maximum atomic E-state index is 12.3. The zero-order valence-corrected chi connectivity index (χ0v) is 9.67. The van der Waals surface area contributed by atoms with Gasteiger partial charge in [-0.05, 0) is 24.3 Å². The molecule has 0 aliphatic heterocycles. The van der Waals surface area contributed by atoms with Crippen molar-refractivity contribution in [3.8, 4) is 11.5 Å². The van der Waals surface area contributed by atoms with Gasteiger partial charge in [-0.3, -0.25) is 10.5 Å². The number of hydrogen-bond acceptors (Lipinski definition) is 4. The Kier molecular flexibility index (Phi) is 3.60. The van der Waals surface area contributed by atoms with E-state index in [0.29, 0.717) is 11.3 Å². The lowest BCUT2D eigenvalue weighted by Crippen LogP contribution is -2.11. The summed E-state index contributed by atoms with van der Waals surface area (Å²) in [5.74, 6) is 0.0652. The lowest BCUT2D eigenvalue weighted by molar-refractivity contribution is 0.103. The molecule has 0 amide bonds. The van der Waals surface area contributed by atoms with E-state index in [1.54, 1.807) is 42.5 Å². The Bertz CT molecular complexity index is 566. The summed E-state index contributed by atoms with van der Waals surface area (Å²) < 4.78 is 5.19. The number of aromatic hydroxyl groups is 1. The first kappa shape index (κ1) is 12.1. The number of phenols is 1. The first-order chi connectivity index (χ1) is 8.74. The number of ketones is 1. The summed E-state index contributed by atoms with van der Waals surface area (Å²) in [6.45, 7) is -0.00886. The van der Waals surface area contributed by atoms with Crippen LogP contribution >= 0.6 is 0 Å². The average molecular weight is 243 g/mol. The van der Waals surface area contributed by atoms with Gasteiger partial charge < -0.3 is 9.84 Å². The van der Waals surface area contributed by atoms with Crippen molar-refractivity contribution in [3.05, 3.63) is 59.7 Å². The number of para-hydroxylation sites is 2. The van der Waals surface area contributed by atoms with Crippen LogP contribution in [0.1, 0.15) is 15.9 Å². The molecule has 0 fully saturated rings. The standard InChI is InChI=1S/C14H13NO3/c15-9-18-13-8-4-2-6-11(13)14(17)10-5-1-3-7-12(10)16/h1-8,16H,9,15H2. The number of benzene rings is 2. The molecule has 92 valence electrons. The van der Waals surface area contributed by atoms with Crippen molar-refractivity contribution < 1.29 is 14.6 Å². The Morgan fingerprint density at radius 3 is 2.33 bits per heavy atom. The van der Waals surface area contributed by atoms with Gasteiger partial charge in [0.2, 0.25) is 0 Å². The van der Waals surface area contributed by atoms with Gasteiger partial charge in [-0.25, -0.2) is 0 Å². The van der Waals surface area contributed by atoms with E-state index in [4.69, 9.17) is 10.5 Å². The van der Waals surface area contributed by atoms with Crippen LogP contribution in [0.5, 0.6) is 11.5 Å². The second kappa shape index (κ2) is 5.33. The maximum absolute atomic E-state index is 12.3. The second-order valence-electron chi connectivity index (χ2n) is 3.65. The van der Waals surface area contributed by atoms with Crippen molar-refractivity contribution >= 4 is 5.78 Å². The van der Waals surface area contributed by atoms with Crippen LogP contribution in [0.3, 0.4) is 0 Å². The molecule has 0 atom stereocenters. The molecule has 0 aromatic heterocycles. The molecule has 2 aromatic carbocycles. The third-order valence-electron chi connectivity index (χ3n) is 2.52. The van der Waals surface area contributed by atoms with Gasteiger partial charge in [-0.2, -0.15) is 0 Å². The molecule has 0 aliphatic rings. The first-order valence-corrected chi connectivity index (χ1v) is 5.48. The van der Waals surface area contributed by atoms with Gasteiger partial charge in [0.15, 0.2) is 5.78 Å². The molecule has 0 saturated heterocycles. The topological polar surface area (TPSA) is 72.5 Å². The number of carbonyl (C=O) groups is 1. The minimum atomic E-state index is -0.294. The van der Waals surface area contributed by atoms with Crippen LogP contribution in [0.2, 0.25) is 0 Å². The quantitative estimate of drug-likeness (QED) is 0.635. The fraction of sp³-hybridized carbons (Fsp3) is 0.0714. The van der Waals surface area contributed by atoms with Gasteiger partial charge in [0.05, 0.1) is 11.1 Å². The molecule has 3 N–H and O–H groups in total. The van der Waals surface area contributed by atoms with Crippen LogP contribution in [0.4, 0.5) is 0 Å². The number of rotatable bonds is 4. The van der Waals surface area contributed by atoms with Crippen molar-refractivity contribution in [1.82, 2.24) is 0 Å². The van der Waals surface area contributed by atoms with Gasteiger partial charge in [0.1, 0.15) is 18.2 Å². The number of hydrogen-bond donors (Lipinski definition) is 2. The Morgan fingerprint density at radius 1 is 1.06 bits per heavy atom. The van der Waals surface area contributed by atoms with Crippen molar-refractivity contribution in [2.45, 2.75) is 0 Å². The summed E-state index contributed by atoms with van der Waals surface area (Å²) in [7, 11) is 0. The van der Waals surface area contributed by atoms with E-state index in [2.05, 4.69) is 0 Å². The Balaban J connectivity index is 2.43. The molecule has 4 heteroatoms. The molecule has 4 nitrogen and oxygen atoms in total. The molecule has 0 spiro atoms. The van der Waals surface area contributed by atoms with Crippen LogP contribution in [0.15, 0.2) is 48.5 Å². The highest BCUT2D eigenvalue weighted by atomic mass is 16.5. The highest BCUT2D eigenvalue weighted by Crippen LogP contribution is 2.25. The van der Waals surface area contributed by atoms with Crippen molar-refractivity contribution in [2.24, 2.45) is 5.73 Å². The smallest absolute Gasteiger partial charge is 0.200 e. The fourth-order valence-corrected chi connectivity index (χ4v) is 1.68. The molecule has 0 unspecified atom stereocenters. The molecule has 0 heterocycles. The van der Waals surface area contributed by atoms with Gasteiger partial charge >= 0.3 is 0 Å². The van der Waals surface area contributed by atoms with Gasteiger partial charge in [-0.1, -0.05) is 24.3 Å². The minimum Gasteiger partial charge on any atom is -0.507 e. The van der Waals surface area contributed by atoms with Crippen LogP contribution in [-0.2, 0) is 0 Å². The number of ether oxygens (including phenoxy) is 1. The van der Waals surface area contributed by atoms with Crippen LogP contribution in [0, 0.1) is 0 Å². The predicted octanol–water partition coefficient (Wildman–Crippen LogP) is 1.92. The normalized spacial score (nSPS) is 10.1. The van der Waals surface area contributed by atoms with E-state index in [1.807, 2.05) is 0 Å².